The van der Waals surface area contributed by atoms with Crippen LogP contribution < -0.4 is 14.5 Å². The van der Waals surface area contributed by atoms with Crippen LogP contribution in [0.2, 0.25) is 0 Å². The Labute approximate surface area is 240 Å². The number of anilines is 2. The molecule has 7 nitrogen and oxygen atoms in total. The van der Waals surface area contributed by atoms with Crippen molar-refractivity contribution < 1.29 is 28.3 Å². The summed E-state index contributed by atoms with van der Waals surface area (Å²) in [6.45, 7) is 0. The lowest BCUT2D eigenvalue weighted by Crippen LogP contribution is -2.50. The van der Waals surface area contributed by atoms with E-state index >= 15 is 0 Å². The second-order valence-electron chi connectivity index (χ2n) is 10.4. The highest BCUT2D eigenvalue weighted by Gasteiger charge is 2.65. The van der Waals surface area contributed by atoms with E-state index in [1.165, 1.54) is 36.4 Å². The fourth-order valence-corrected chi connectivity index (χ4v) is 6.24. The van der Waals surface area contributed by atoms with Crippen molar-refractivity contribution in [2.45, 2.75) is 12.1 Å². The Morgan fingerprint density at radius 3 is 2.10 bits per heavy atom. The molecule has 42 heavy (non-hydrogen) atoms. The van der Waals surface area contributed by atoms with Gasteiger partial charge in [0.25, 0.3) is 0 Å². The molecule has 4 aromatic carbocycles. The molecule has 0 bridgehead atoms. The minimum Gasteiger partial charge on any atom is -0.425 e. The SMILES string of the molecule is O=C(c1ccccc1)c1ccc(OC(=O)[C@@H]2[C@@H]3C(=O)N(c4ccc(F)cc4)C(=O)[C@@H]3[C@@H]3C=Cc4ccccc4N23)cc1. The van der Waals surface area contributed by atoms with E-state index in [1.54, 1.807) is 41.3 Å². The molecule has 0 spiro atoms. The van der Waals surface area contributed by atoms with Crippen LogP contribution in [0.3, 0.4) is 0 Å². The van der Waals surface area contributed by atoms with Crippen molar-refractivity contribution in [3.63, 3.8) is 0 Å². The molecule has 3 heterocycles. The van der Waals surface area contributed by atoms with Crippen LogP contribution in [-0.2, 0) is 14.4 Å². The minimum atomic E-state index is -1.10. The van der Waals surface area contributed by atoms with Gasteiger partial charge in [0.15, 0.2) is 5.78 Å². The number of hydrogen-bond donors (Lipinski definition) is 0. The standard InChI is InChI=1S/C34H23FN2O5/c35-23-13-15-24(16-14-23)36-32(39)28-27-19-12-20-6-4-5-9-26(20)37(27)30(29(28)33(36)40)34(41)42-25-17-10-22(11-18-25)31(38)21-7-2-1-3-8-21/h1-19,27-30H/t27-,28+,29+,30-/m0/s1. The average Bonchev–Trinajstić information content (AvgIpc) is 3.50. The van der Waals surface area contributed by atoms with Gasteiger partial charge in [0.1, 0.15) is 17.6 Å². The number of para-hydroxylation sites is 1. The first-order valence-corrected chi connectivity index (χ1v) is 13.5. The van der Waals surface area contributed by atoms with Crippen molar-refractivity contribution in [2.75, 3.05) is 9.80 Å². The fourth-order valence-electron chi connectivity index (χ4n) is 6.24. The van der Waals surface area contributed by atoms with E-state index in [-0.39, 0.29) is 17.2 Å². The predicted molar refractivity (Wildman–Crippen MR) is 153 cm³/mol. The minimum absolute atomic E-state index is 0.164. The number of hydrogen-bond acceptors (Lipinski definition) is 6. The summed E-state index contributed by atoms with van der Waals surface area (Å²) in [6.07, 6.45) is 3.73. The number of benzene rings is 4. The summed E-state index contributed by atoms with van der Waals surface area (Å²) in [6, 6.07) is 26.0. The van der Waals surface area contributed by atoms with Crippen LogP contribution in [0.4, 0.5) is 15.8 Å². The molecule has 0 aromatic heterocycles. The number of ketones is 1. The summed E-state index contributed by atoms with van der Waals surface area (Å²) < 4.78 is 19.4. The quantitative estimate of drug-likeness (QED) is 0.148. The number of nitrogens with zero attached hydrogens (tertiary/aromatic N) is 2. The van der Waals surface area contributed by atoms with E-state index in [4.69, 9.17) is 4.74 Å². The Hall–Kier alpha value is -5.37. The van der Waals surface area contributed by atoms with Gasteiger partial charge < -0.3 is 9.64 Å². The molecule has 0 saturated carbocycles. The first-order chi connectivity index (χ1) is 20.4. The van der Waals surface area contributed by atoms with E-state index < -0.39 is 47.5 Å². The number of rotatable bonds is 5. The number of esters is 1. The molecular formula is C34H23FN2O5. The van der Waals surface area contributed by atoms with Crippen molar-refractivity contribution in [3.8, 4) is 5.75 Å². The number of carbonyl (C=O) groups excluding carboxylic acids is 4. The van der Waals surface area contributed by atoms with Gasteiger partial charge in [-0.05, 0) is 60.2 Å². The average molecular weight is 559 g/mol. The molecule has 206 valence electrons. The van der Waals surface area contributed by atoms with Crippen molar-refractivity contribution in [2.24, 2.45) is 11.8 Å². The van der Waals surface area contributed by atoms with Crippen LogP contribution >= 0.6 is 0 Å². The summed E-state index contributed by atoms with van der Waals surface area (Å²) in [4.78, 5) is 57.2. The summed E-state index contributed by atoms with van der Waals surface area (Å²) in [7, 11) is 0. The maximum atomic E-state index is 13.9. The smallest absolute Gasteiger partial charge is 0.335 e. The van der Waals surface area contributed by atoms with E-state index in [0.29, 0.717) is 11.1 Å². The summed E-state index contributed by atoms with van der Waals surface area (Å²) >= 11 is 0. The Morgan fingerprint density at radius 2 is 1.36 bits per heavy atom. The zero-order valence-corrected chi connectivity index (χ0v) is 22.1. The van der Waals surface area contributed by atoms with E-state index in [9.17, 15) is 23.6 Å². The van der Waals surface area contributed by atoms with Gasteiger partial charge in [0, 0.05) is 16.8 Å². The Bertz CT molecular complexity index is 1770. The van der Waals surface area contributed by atoms with Crippen LogP contribution in [0.25, 0.3) is 6.08 Å². The molecule has 0 unspecified atom stereocenters. The van der Waals surface area contributed by atoms with Crippen molar-refractivity contribution in [1.82, 2.24) is 0 Å². The van der Waals surface area contributed by atoms with E-state index in [0.717, 1.165) is 16.2 Å². The van der Waals surface area contributed by atoms with Gasteiger partial charge >= 0.3 is 5.97 Å². The first kappa shape index (κ1) is 25.6. The van der Waals surface area contributed by atoms with Crippen LogP contribution in [-0.4, -0.2) is 35.7 Å². The van der Waals surface area contributed by atoms with Gasteiger partial charge in [-0.25, -0.2) is 14.1 Å². The lowest BCUT2D eigenvalue weighted by molar-refractivity contribution is -0.139. The molecule has 2 amide bonds. The molecule has 3 aliphatic rings. The van der Waals surface area contributed by atoms with Gasteiger partial charge in [-0.1, -0.05) is 60.7 Å². The van der Waals surface area contributed by atoms with E-state index in [2.05, 4.69) is 0 Å². The van der Waals surface area contributed by atoms with Crippen LogP contribution in [0.1, 0.15) is 21.5 Å². The zero-order valence-electron chi connectivity index (χ0n) is 22.1. The largest absolute Gasteiger partial charge is 0.425 e. The van der Waals surface area contributed by atoms with Crippen molar-refractivity contribution in [3.05, 3.63) is 132 Å². The number of imide groups is 1. The molecule has 0 N–H and O–H groups in total. The molecule has 0 aliphatic carbocycles. The Morgan fingerprint density at radius 1 is 0.714 bits per heavy atom. The second-order valence-corrected chi connectivity index (χ2v) is 10.4. The van der Waals surface area contributed by atoms with Crippen LogP contribution in [0.15, 0.2) is 109 Å². The van der Waals surface area contributed by atoms with E-state index in [1.807, 2.05) is 42.5 Å². The number of carbonyl (C=O) groups is 4. The zero-order chi connectivity index (χ0) is 29.0. The Kier molecular flexibility index (Phi) is 6.04. The van der Waals surface area contributed by atoms with Crippen LogP contribution in [0, 0.1) is 17.7 Å². The third kappa shape index (κ3) is 4.03. The number of halogens is 1. The third-order valence-corrected chi connectivity index (χ3v) is 8.11. The number of ether oxygens (including phenoxy) is 1. The number of amides is 2. The number of fused-ring (bicyclic) bond motifs is 5. The molecule has 0 radical (unpaired) electrons. The fraction of sp³-hybridized carbons (Fsp3) is 0.118. The molecule has 4 aromatic rings. The molecular weight excluding hydrogens is 535 g/mol. The summed E-state index contributed by atoms with van der Waals surface area (Å²) in [5, 5.41) is 0. The van der Waals surface area contributed by atoms with Gasteiger partial charge in [0.05, 0.1) is 23.6 Å². The topological polar surface area (TPSA) is 84.0 Å². The van der Waals surface area contributed by atoms with Crippen LogP contribution in [0.5, 0.6) is 5.75 Å². The van der Waals surface area contributed by atoms with Crippen molar-refractivity contribution in [1.29, 1.82) is 0 Å². The predicted octanol–water partition coefficient (Wildman–Crippen LogP) is 5.05. The third-order valence-electron chi connectivity index (χ3n) is 8.11. The van der Waals surface area contributed by atoms with Gasteiger partial charge in [0.2, 0.25) is 11.8 Å². The summed E-state index contributed by atoms with van der Waals surface area (Å²) in [5.74, 6) is -3.99. The summed E-state index contributed by atoms with van der Waals surface area (Å²) in [5.41, 5.74) is 2.80. The van der Waals surface area contributed by atoms with Gasteiger partial charge in [-0.15, -0.1) is 0 Å². The molecule has 2 fully saturated rings. The normalized spacial score (nSPS) is 22.0. The highest BCUT2D eigenvalue weighted by Crippen LogP contribution is 2.49. The molecule has 8 heteroatoms. The monoisotopic (exact) mass is 558 g/mol. The lowest BCUT2D eigenvalue weighted by Gasteiger charge is -2.36. The van der Waals surface area contributed by atoms with Gasteiger partial charge in [-0.3, -0.25) is 14.4 Å². The lowest BCUT2D eigenvalue weighted by atomic mass is 9.89. The first-order valence-electron chi connectivity index (χ1n) is 13.5. The van der Waals surface area contributed by atoms with Gasteiger partial charge in [-0.2, -0.15) is 0 Å². The molecule has 7 rings (SSSR count). The maximum Gasteiger partial charge on any atom is 0.335 e. The second kappa shape index (κ2) is 9.92. The maximum absolute atomic E-state index is 13.9. The molecule has 3 aliphatic heterocycles. The molecule has 4 atom stereocenters. The highest BCUT2D eigenvalue weighted by molar-refractivity contribution is 6.24. The Balaban J connectivity index is 1.22. The highest BCUT2D eigenvalue weighted by atomic mass is 19.1. The van der Waals surface area contributed by atoms with Crippen molar-refractivity contribution >= 4 is 41.0 Å². The molecule has 2 saturated heterocycles.